The van der Waals surface area contributed by atoms with Crippen LogP contribution in [0.3, 0.4) is 0 Å². The maximum absolute atomic E-state index is 10.4. The lowest BCUT2D eigenvalue weighted by molar-refractivity contribution is -0.692. The molecular weight excluding hydrogens is 138 g/mol. The standard InChI is InChI=1S/C4H11N3O3/c1-4(3-8)6(2)7(10)5-9/h4,8-9H,3H2,1-2H3/p-1/b7-5+/t4-/m0/s1. The summed E-state index contributed by atoms with van der Waals surface area (Å²) in [4.78, 5) is -0.110. The van der Waals surface area contributed by atoms with Crippen LogP contribution >= 0.6 is 0 Å². The van der Waals surface area contributed by atoms with Crippen molar-refractivity contribution in [2.75, 3.05) is 13.7 Å². The summed E-state index contributed by atoms with van der Waals surface area (Å²) >= 11 is 0. The highest BCUT2D eigenvalue weighted by Crippen LogP contribution is 1.93. The van der Waals surface area contributed by atoms with Crippen LogP contribution in [0.5, 0.6) is 0 Å². The van der Waals surface area contributed by atoms with Gasteiger partial charge in [-0.3, -0.25) is 0 Å². The molecule has 0 amide bonds. The highest BCUT2D eigenvalue weighted by molar-refractivity contribution is 4.50. The zero-order valence-corrected chi connectivity index (χ0v) is 5.89. The van der Waals surface area contributed by atoms with Gasteiger partial charge in [0.2, 0.25) is 0 Å². The van der Waals surface area contributed by atoms with Gasteiger partial charge in [-0.2, -0.15) is 0 Å². The van der Waals surface area contributed by atoms with Crippen LogP contribution in [0.1, 0.15) is 6.92 Å². The molecule has 1 atom stereocenters. The van der Waals surface area contributed by atoms with E-state index in [4.69, 9.17) is 5.11 Å². The van der Waals surface area contributed by atoms with Gasteiger partial charge in [0.1, 0.15) is 6.04 Å². The molecule has 0 aromatic rings. The Hall–Kier alpha value is -1.04. The number of aliphatic hydroxyl groups excluding tert-OH is 1. The molecule has 0 aliphatic rings. The van der Waals surface area contributed by atoms with Gasteiger partial charge in [0.05, 0.1) is 13.7 Å². The van der Waals surface area contributed by atoms with Gasteiger partial charge in [0.25, 0.3) is 0 Å². The molecule has 0 saturated heterocycles. The van der Waals surface area contributed by atoms with Crippen LogP contribution in [0.15, 0.2) is 5.28 Å². The van der Waals surface area contributed by atoms with Crippen molar-refractivity contribution in [3.05, 3.63) is 10.4 Å². The second kappa shape index (κ2) is 3.89. The Bertz CT molecular complexity index is 127. The quantitative estimate of drug-likeness (QED) is 0.337. The van der Waals surface area contributed by atoms with E-state index in [1.165, 1.54) is 7.05 Å². The molecule has 0 spiro atoms. The fourth-order valence-electron chi connectivity index (χ4n) is 0.344. The number of nitrogens with zero attached hydrogens (tertiary/aromatic N) is 3. The molecular formula is C4H10N3O3-. The zero-order valence-electron chi connectivity index (χ0n) is 5.89. The fraction of sp³-hybridized carbons (Fsp3) is 1.00. The summed E-state index contributed by atoms with van der Waals surface area (Å²) in [6.45, 7) is 1.40. The third-order valence-electron chi connectivity index (χ3n) is 1.24. The van der Waals surface area contributed by atoms with E-state index in [0.29, 0.717) is 0 Å². The van der Waals surface area contributed by atoms with Gasteiger partial charge in [0.15, 0.2) is 0 Å². The highest BCUT2D eigenvalue weighted by Gasteiger charge is 2.12. The molecule has 0 aliphatic heterocycles. The molecule has 0 fully saturated rings. The Kier molecular flexibility index (Phi) is 3.48. The normalized spacial score (nSPS) is 14.9. The van der Waals surface area contributed by atoms with Gasteiger partial charge in [0, 0.05) is 4.97 Å². The summed E-state index contributed by atoms with van der Waals surface area (Å²) in [6, 6.07) is -0.393. The molecule has 0 heterocycles. The van der Waals surface area contributed by atoms with Gasteiger partial charge >= 0.3 is 0 Å². The van der Waals surface area contributed by atoms with Crippen LogP contribution in [-0.2, 0) is 0 Å². The molecule has 0 bridgehead atoms. The van der Waals surface area contributed by atoms with Crippen LogP contribution in [0.4, 0.5) is 0 Å². The molecule has 1 N–H and O–H groups in total. The van der Waals surface area contributed by atoms with E-state index in [2.05, 4.69) is 5.28 Å². The number of hydrogen-bond donors (Lipinski definition) is 1. The number of hydrazine groups is 1. The maximum Gasteiger partial charge on any atom is 0.107 e. The summed E-state index contributed by atoms with van der Waals surface area (Å²) in [5.41, 5.74) is 0. The molecule has 10 heavy (non-hydrogen) atoms. The van der Waals surface area contributed by atoms with E-state index in [9.17, 15) is 10.4 Å². The molecule has 0 aliphatic carbocycles. The molecule has 0 aromatic carbocycles. The molecule has 0 saturated carbocycles. The first-order chi connectivity index (χ1) is 4.63. The molecule has 0 rings (SSSR count). The average Bonchev–Trinajstić information content (AvgIpc) is 2.00. The predicted octanol–water partition coefficient (Wildman–Crippen LogP) is -0.326. The van der Waals surface area contributed by atoms with Gasteiger partial charge in [-0.05, 0) is 12.2 Å². The van der Waals surface area contributed by atoms with E-state index < -0.39 is 6.04 Å². The number of rotatable bonds is 3. The van der Waals surface area contributed by atoms with Crippen molar-refractivity contribution in [3.63, 3.8) is 0 Å². The lowest BCUT2D eigenvalue weighted by atomic mass is 10.4. The first kappa shape index (κ1) is 8.96. The zero-order chi connectivity index (χ0) is 8.15. The number of likely N-dealkylation sites (N-methyl/N-ethyl adjacent to an activating group) is 1. The lowest BCUT2D eigenvalue weighted by Gasteiger charge is -2.19. The second-order valence-corrected chi connectivity index (χ2v) is 1.94. The van der Waals surface area contributed by atoms with Crippen LogP contribution in [0.25, 0.3) is 0 Å². The third-order valence-corrected chi connectivity index (χ3v) is 1.24. The highest BCUT2D eigenvalue weighted by atomic mass is 16.6. The van der Waals surface area contributed by atoms with E-state index in [0.717, 1.165) is 5.01 Å². The van der Waals surface area contributed by atoms with Crippen molar-refractivity contribution in [2.45, 2.75) is 13.0 Å². The summed E-state index contributed by atoms with van der Waals surface area (Å²) in [6.07, 6.45) is 0. The monoisotopic (exact) mass is 148 g/mol. The van der Waals surface area contributed by atoms with Crippen LogP contribution in [-0.4, -0.2) is 34.8 Å². The SMILES string of the molecule is C[C@@H](CO)N(C)/[N+]([O-])=N\[O-]. The first-order valence-electron chi connectivity index (χ1n) is 2.77. The van der Waals surface area contributed by atoms with Crippen molar-refractivity contribution in [2.24, 2.45) is 5.28 Å². The van der Waals surface area contributed by atoms with Crippen molar-refractivity contribution >= 4 is 0 Å². The average molecular weight is 148 g/mol. The van der Waals surface area contributed by atoms with Gasteiger partial charge in [-0.25, -0.2) is 0 Å². The van der Waals surface area contributed by atoms with Crippen LogP contribution < -0.4 is 0 Å². The molecule has 6 nitrogen and oxygen atoms in total. The lowest BCUT2D eigenvalue weighted by Crippen LogP contribution is -2.36. The minimum Gasteiger partial charge on any atom is -0.737 e. The largest absolute Gasteiger partial charge is 0.737 e. The van der Waals surface area contributed by atoms with Gasteiger partial charge in [-0.1, -0.05) is 0 Å². The third kappa shape index (κ3) is 2.06. The van der Waals surface area contributed by atoms with E-state index in [-0.39, 0.29) is 11.6 Å². The topological polar surface area (TPSA) is 85.0 Å². The Labute approximate surface area is 58.5 Å². The summed E-state index contributed by atoms with van der Waals surface area (Å²) in [5.74, 6) is 0. The summed E-state index contributed by atoms with van der Waals surface area (Å²) < 4.78 is 0. The Balaban J connectivity index is 3.94. The Morgan fingerprint density at radius 3 is 2.60 bits per heavy atom. The molecule has 0 aromatic heterocycles. The fourth-order valence-corrected chi connectivity index (χ4v) is 0.344. The summed E-state index contributed by atoms with van der Waals surface area (Å²) in [5, 5.41) is 31.6. The Morgan fingerprint density at radius 2 is 2.30 bits per heavy atom. The summed E-state index contributed by atoms with van der Waals surface area (Å²) in [7, 11) is 1.37. The van der Waals surface area contributed by atoms with Crippen molar-refractivity contribution in [1.29, 1.82) is 0 Å². The minimum atomic E-state index is -0.393. The molecule has 6 heteroatoms. The number of aliphatic hydroxyl groups is 1. The Morgan fingerprint density at radius 1 is 1.80 bits per heavy atom. The van der Waals surface area contributed by atoms with Crippen molar-refractivity contribution < 1.29 is 10.1 Å². The molecule has 0 radical (unpaired) electrons. The molecule has 60 valence electrons. The minimum absolute atomic E-state index is 0.110. The smallest absolute Gasteiger partial charge is 0.107 e. The van der Waals surface area contributed by atoms with Crippen molar-refractivity contribution in [1.82, 2.24) is 5.01 Å². The van der Waals surface area contributed by atoms with Gasteiger partial charge in [-0.15, -0.1) is 5.01 Å². The van der Waals surface area contributed by atoms with E-state index >= 15 is 0 Å². The second-order valence-electron chi connectivity index (χ2n) is 1.94. The predicted molar refractivity (Wildman–Crippen MR) is 33.7 cm³/mol. The maximum atomic E-state index is 10.4. The van der Waals surface area contributed by atoms with Crippen LogP contribution in [0.2, 0.25) is 0 Å². The van der Waals surface area contributed by atoms with Gasteiger partial charge < -0.3 is 15.5 Å². The van der Waals surface area contributed by atoms with Crippen LogP contribution in [0, 0.1) is 10.4 Å². The molecule has 0 unspecified atom stereocenters. The van der Waals surface area contributed by atoms with Crippen molar-refractivity contribution in [3.8, 4) is 0 Å². The first-order valence-corrected chi connectivity index (χ1v) is 2.77. The van der Waals surface area contributed by atoms with E-state index in [1.807, 2.05) is 0 Å². The number of hydrogen-bond acceptors (Lipinski definition) is 4. The van der Waals surface area contributed by atoms with E-state index in [1.54, 1.807) is 6.92 Å².